The van der Waals surface area contributed by atoms with E-state index in [1.165, 1.54) is 27.5 Å². The molecule has 5 heteroatoms. The van der Waals surface area contributed by atoms with Crippen molar-refractivity contribution in [2.75, 3.05) is 0 Å². The Morgan fingerprint density at radius 3 is 2.27 bits per heavy atom. The summed E-state index contributed by atoms with van der Waals surface area (Å²) in [6.07, 6.45) is 1.98. The van der Waals surface area contributed by atoms with E-state index in [-0.39, 0.29) is 25.9 Å². The molecule has 0 fully saturated rings. The molecule has 1 N–H and O–H groups in total. The summed E-state index contributed by atoms with van der Waals surface area (Å²) in [6.45, 7) is 10.8. The van der Waals surface area contributed by atoms with E-state index >= 15 is 0 Å². The van der Waals surface area contributed by atoms with Crippen LogP contribution in [0.2, 0.25) is 0 Å². The van der Waals surface area contributed by atoms with Crippen molar-refractivity contribution < 1.29 is 25.2 Å². The van der Waals surface area contributed by atoms with Gasteiger partial charge in [0.2, 0.25) is 0 Å². The third-order valence-corrected chi connectivity index (χ3v) is 7.11. The molecule has 0 spiro atoms. The number of para-hydroxylation sites is 3. The number of rotatable bonds is 3. The largest absolute Gasteiger partial charge is 0.507 e. The predicted molar refractivity (Wildman–Crippen MR) is 162 cm³/mol. The van der Waals surface area contributed by atoms with Crippen molar-refractivity contribution in [3.63, 3.8) is 0 Å². The molecule has 0 aliphatic rings. The third-order valence-electron chi connectivity index (χ3n) is 7.11. The molecule has 0 atom stereocenters. The summed E-state index contributed by atoms with van der Waals surface area (Å²) in [5, 5.41) is 12.4. The zero-order valence-electron chi connectivity index (χ0n) is 23.8. The van der Waals surface area contributed by atoms with Gasteiger partial charge in [-0.3, -0.25) is 0 Å². The SMILES string of the molecule is Cc1[c-]c(-c2ncc(C)c3cc(C(C)C)ccc23)cc(C)c1.Cn1c(-c2ccccc2O)nc2ccccc21.[Ir]. The minimum atomic E-state index is 0. The Hall–Kier alpha value is -3.79. The molecule has 2 heterocycles. The standard InChI is InChI=1S/C21H22N.C14H12N2O.Ir/c1-13(2)17-6-7-19-20(11-17)16(5)12-22-21(19)18-9-14(3)8-15(4)10-18;1-16-12-8-4-3-7-11(12)15-14(16)10-6-2-5-9-13(10)17;/h6-9,11-13H,1-5H3;2-9,17H,1H3;/q-1;;. The van der Waals surface area contributed by atoms with E-state index in [0.717, 1.165) is 39.2 Å². The number of hydrogen-bond donors (Lipinski definition) is 1. The number of benzene rings is 4. The van der Waals surface area contributed by atoms with Gasteiger partial charge in [0.25, 0.3) is 0 Å². The molecule has 0 saturated carbocycles. The Morgan fingerprint density at radius 1 is 0.850 bits per heavy atom. The van der Waals surface area contributed by atoms with E-state index in [0.29, 0.717) is 5.92 Å². The Labute approximate surface area is 250 Å². The summed E-state index contributed by atoms with van der Waals surface area (Å²) in [6, 6.07) is 29.7. The number of phenolic OH excluding ortho intramolecular Hbond substituents is 1. The number of aromatic hydroxyl groups is 1. The van der Waals surface area contributed by atoms with E-state index in [4.69, 9.17) is 4.98 Å². The van der Waals surface area contributed by atoms with Gasteiger partial charge in [-0.1, -0.05) is 70.2 Å². The minimum absolute atomic E-state index is 0. The Bertz CT molecular complexity index is 1780. The number of aryl methyl sites for hydroxylation is 4. The van der Waals surface area contributed by atoms with Gasteiger partial charge in [-0.15, -0.1) is 34.9 Å². The smallest absolute Gasteiger partial charge is 0.144 e. The van der Waals surface area contributed by atoms with Gasteiger partial charge in [-0.2, -0.15) is 0 Å². The summed E-state index contributed by atoms with van der Waals surface area (Å²) in [5.41, 5.74) is 9.88. The van der Waals surface area contributed by atoms with Crippen molar-refractivity contribution in [2.45, 2.75) is 40.5 Å². The molecular weight excluding hydrogens is 671 g/mol. The van der Waals surface area contributed by atoms with Crippen molar-refractivity contribution in [1.82, 2.24) is 14.5 Å². The summed E-state index contributed by atoms with van der Waals surface area (Å²) in [4.78, 5) is 9.25. The van der Waals surface area contributed by atoms with Crippen LogP contribution in [-0.4, -0.2) is 19.6 Å². The number of imidazole rings is 1. The molecule has 4 nitrogen and oxygen atoms in total. The maximum Gasteiger partial charge on any atom is 0.144 e. The maximum absolute atomic E-state index is 9.86. The Balaban J connectivity index is 0.000000186. The zero-order chi connectivity index (χ0) is 27.7. The van der Waals surface area contributed by atoms with Gasteiger partial charge in [0.05, 0.1) is 16.6 Å². The molecule has 0 aliphatic heterocycles. The van der Waals surface area contributed by atoms with Crippen LogP contribution in [0.5, 0.6) is 5.75 Å². The Kier molecular flexibility index (Phi) is 8.88. The van der Waals surface area contributed by atoms with Crippen molar-refractivity contribution in [3.8, 4) is 28.4 Å². The van der Waals surface area contributed by atoms with Crippen LogP contribution in [0.1, 0.15) is 42.0 Å². The summed E-state index contributed by atoms with van der Waals surface area (Å²) in [5.74, 6) is 1.57. The predicted octanol–water partition coefficient (Wildman–Crippen LogP) is 8.69. The van der Waals surface area contributed by atoms with Crippen LogP contribution >= 0.6 is 0 Å². The van der Waals surface area contributed by atoms with Crippen LogP contribution in [0.25, 0.3) is 44.5 Å². The second kappa shape index (κ2) is 12.2. The molecule has 6 aromatic rings. The first-order valence-electron chi connectivity index (χ1n) is 13.3. The number of nitrogens with zero attached hydrogens (tertiary/aromatic N) is 3. The maximum atomic E-state index is 9.86. The van der Waals surface area contributed by atoms with Gasteiger partial charge in [0, 0.05) is 33.3 Å². The van der Waals surface area contributed by atoms with E-state index in [9.17, 15) is 5.11 Å². The van der Waals surface area contributed by atoms with E-state index in [1.54, 1.807) is 6.07 Å². The molecule has 0 amide bonds. The summed E-state index contributed by atoms with van der Waals surface area (Å²) >= 11 is 0. The number of hydrogen-bond acceptors (Lipinski definition) is 3. The second-order valence-electron chi connectivity index (χ2n) is 10.5. The van der Waals surface area contributed by atoms with Gasteiger partial charge in [0.15, 0.2) is 0 Å². The zero-order valence-corrected chi connectivity index (χ0v) is 26.2. The molecule has 40 heavy (non-hydrogen) atoms. The van der Waals surface area contributed by atoms with Crippen LogP contribution in [0.3, 0.4) is 0 Å². The molecular formula is C35H34IrN3O-. The molecule has 1 radical (unpaired) electrons. The van der Waals surface area contributed by atoms with Crippen LogP contribution < -0.4 is 0 Å². The topological polar surface area (TPSA) is 50.9 Å². The minimum Gasteiger partial charge on any atom is -0.507 e. The third kappa shape index (κ3) is 5.86. The van der Waals surface area contributed by atoms with Crippen LogP contribution in [-0.2, 0) is 27.2 Å². The molecule has 0 aliphatic carbocycles. The van der Waals surface area contributed by atoms with Crippen molar-refractivity contribution in [3.05, 3.63) is 113 Å². The van der Waals surface area contributed by atoms with Crippen LogP contribution in [0.4, 0.5) is 0 Å². The van der Waals surface area contributed by atoms with E-state index < -0.39 is 0 Å². The van der Waals surface area contributed by atoms with Crippen LogP contribution in [0, 0.1) is 26.8 Å². The van der Waals surface area contributed by atoms with Crippen LogP contribution in [0.15, 0.2) is 85.1 Å². The monoisotopic (exact) mass is 705 g/mol. The van der Waals surface area contributed by atoms with Crippen molar-refractivity contribution in [1.29, 1.82) is 0 Å². The fourth-order valence-corrected chi connectivity index (χ4v) is 5.04. The first-order chi connectivity index (χ1) is 18.7. The number of fused-ring (bicyclic) bond motifs is 2. The fraction of sp³-hybridized carbons (Fsp3) is 0.200. The van der Waals surface area contributed by atoms with Crippen molar-refractivity contribution >= 4 is 21.8 Å². The van der Waals surface area contributed by atoms with Gasteiger partial charge in [-0.25, -0.2) is 4.98 Å². The number of pyridine rings is 1. The number of phenols is 1. The summed E-state index contributed by atoms with van der Waals surface area (Å²) < 4.78 is 1.99. The fourth-order valence-electron chi connectivity index (χ4n) is 5.04. The van der Waals surface area contributed by atoms with E-state index in [2.05, 4.69) is 76.0 Å². The van der Waals surface area contributed by atoms with E-state index in [1.807, 2.05) is 60.3 Å². The van der Waals surface area contributed by atoms with Gasteiger partial charge >= 0.3 is 0 Å². The average molecular weight is 705 g/mol. The normalized spacial score (nSPS) is 10.9. The quantitative estimate of drug-likeness (QED) is 0.188. The molecule has 0 unspecified atom stereocenters. The second-order valence-corrected chi connectivity index (χ2v) is 10.5. The average Bonchev–Trinajstić information content (AvgIpc) is 3.25. The molecule has 0 saturated heterocycles. The molecule has 2 aromatic heterocycles. The van der Waals surface area contributed by atoms with Gasteiger partial charge in [-0.05, 0) is 64.7 Å². The summed E-state index contributed by atoms with van der Waals surface area (Å²) in [7, 11) is 1.96. The molecule has 6 rings (SSSR count). The van der Waals surface area contributed by atoms with Crippen molar-refractivity contribution in [2.24, 2.45) is 7.05 Å². The molecule has 0 bridgehead atoms. The molecule has 4 aromatic carbocycles. The van der Waals surface area contributed by atoms with Gasteiger partial charge < -0.3 is 14.7 Å². The Morgan fingerprint density at radius 2 is 1.57 bits per heavy atom. The van der Waals surface area contributed by atoms with Gasteiger partial charge in [0.1, 0.15) is 11.6 Å². The molecule has 205 valence electrons. The first-order valence-corrected chi connectivity index (χ1v) is 13.3. The first kappa shape index (κ1) is 29.2. The number of aromatic nitrogens is 3.